The summed E-state index contributed by atoms with van der Waals surface area (Å²) >= 11 is 0. The fourth-order valence-electron chi connectivity index (χ4n) is 3.01. The summed E-state index contributed by atoms with van der Waals surface area (Å²) in [6, 6.07) is 17.7. The summed E-state index contributed by atoms with van der Waals surface area (Å²) in [5, 5.41) is 11.3. The third-order valence-electron chi connectivity index (χ3n) is 4.31. The maximum atomic E-state index is 6.20. The van der Waals surface area contributed by atoms with Crippen LogP contribution in [0.15, 0.2) is 60.8 Å². The Morgan fingerprint density at radius 2 is 1.96 bits per heavy atom. The van der Waals surface area contributed by atoms with Crippen LogP contribution >= 0.6 is 0 Å². The number of aromatic nitrogens is 4. The van der Waals surface area contributed by atoms with Crippen molar-refractivity contribution < 1.29 is 4.74 Å². The minimum atomic E-state index is -0.113. The number of fused-ring (bicyclic) bond motifs is 1. The normalized spacial score (nSPS) is 12.1. The lowest BCUT2D eigenvalue weighted by Gasteiger charge is -2.14. The summed E-state index contributed by atoms with van der Waals surface area (Å²) < 4.78 is 5.83. The predicted molar refractivity (Wildman–Crippen MR) is 110 cm³/mol. The van der Waals surface area contributed by atoms with Gasteiger partial charge in [-0.15, -0.1) is 0 Å². The molecule has 0 unspecified atom stereocenters. The van der Waals surface area contributed by atoms with Crippen molar-refractivity contribution in [3.8, 4) is 5.88 Å². The van der Waals surface area contributed by atoms with Crippen molar-refractivity contribution in [2.75, 3.05) is 11.9 Å². The lowest BCUT2D eigenvalue weighted by atomic mass is 10.1. The zero-order valence-electron chi connectivity index (χ0n) is 15.6. The van der Waals surface area contributed by atoms with Crippen LogP contribution in [0.2, 0.25) is 0 Å². The molecule has 28 heavy (non-hydrogen) atoms. The van der Waals surface area contributed by atoms with E-state index in [1.807, 2.05) is 43.3 Å². The first-order chi connectivity index (χ1) is 13.7. The molecule has 142 valence electrons. The van der Waals surface area contributed by atoms with Gasteiger partial charge in [0.1, 0.15) is 18.2 Å². The first-order valence-electron chi connectivity index (χ1n) is 9.14. The number of nitrogens with two attached hydrogens (primary N) is 1. The number of ether oxygens (including phenoxy) is 1. The van der Waals surface area contributed by atoms with Crippen LogP contribution in [0.5, 0.6) is 5.88 Å². The average Bonchev–Trinajstić information content (AvgIpc) is 3.15. The van der Waals surface area contributed by atoms with Crippen molar-refractivity contribution in [2.45, 2.75) is 19.4 Å². The minimum absolute atomic E-state index is 0.113. The molecule has 0 saturated heterocycles. The maximum absolute atomic E-state index is 6.20. The molecule has 2 heterocycles. The number of anilines is 2. The highest BCUT2D eigenvalue weighted by atomic mass is 16.5. The smallest absolute Gasteiger partial charge is 0.218 e. The second-order valence-electron chi connectivity index (χ2n) is 6.70. The number of rotatable bonds is 7. The first kappa shape index (κ1) is 17.9. The topological polar surface area (TPSA) is 102 Å². The van der Waals surface area contributed by atoms with Crippen molar-refractivity contribution in [1.82, 2.24) is 20.2 Å². The van der Waals surface area contributed by atoms with Crippen LogP contribution in [0, 0.1) is 6.92 Å². The zero-order chi connectivity index (χ0) is 19.3. The number of aryl methyl sites for hydroxylation is 1. The van der Waals surface area contributed by atoms with E-state index in [1.54, 1.807) is 12.3 Å². The van der Waals surface area contributed by atoms with Crippen LogP contribution in [-0.4, -0.2) is 32.8 Å². The molecule has 2 aromatic carbocycles. The molecule has 1 atom stereocenters. The summed E-state index contributed by atoms with van der Waals surface area (Å²) in [4.78, 5) is 8.79. The number of H-pyrrole nitrogens is 1. The highest BCUT2D eigenvalue weighted by Gasteiger charge is 2.09. The lowest BCUT2D eigenvalue weighted by molar-refractivity contribution is 0.276. The van der Waals surface area contributed by atoms with Crippen molar-refractivity contribution in [3.05, 3.63) is 72.2 Å². The zero-order valence-corrected chi connectivity index (χ0v) is 15.6. The Morgan fingerprint density at radius 1 is 1.11 bits per heavy atom. The molecule has 2 aromatic heterocycles. The fourth-order valence-corrected chi connectivity index (χ4v) is 3.01. The number of hydrogen-bond donors (Lipinski definition) is 3. The van der Waals surface area contributed by atoms with Crippen LogP contribution in [0.3, 0.4) is 0 Å². The molecule has 0 aliphatic rings. The van der Waals surface area contributed by atoms with Gasteiger partial charge in [-0.25, -0.2) is 4.98 Å². The Bertz CT molecular complexity index is 1060. The van der Waals surface area contributed by atoms with Crippen LogP contribution in [0.1, 0.15) is 11.4 Å². The Labute approximate surface area is 163 Å². The van der Waals surface area contributed by atoms with Gasteiger partial charge in [0.15, 0.2) is 0 Å². The monoisotopic (exact) mass is 374 g/mol. The Kier molecular flexibility index (Phi) is 5.16. The fraction of sp³-hybridized carbons (Fsp3) is 0.190. The molecular weight excluding hydrogens is 352 g/mol. The number of nitrogens with zero attached hydrogens (tertiary/aromatic N) is 3. The molecule has 0 spiro atoms. The van der Waals surface area contributed by atoms with Crippen LogP contribution in [0.4, 0.5) is 11.5 Å². The molecule has 4 rings (SSSR count). The molecule has 0 radical (unpaired) electrons. The Morgan fingerprint density at radius 3 is 2.82 bits per heavy atom. The third-order valence-corrected chi connectivity index (χ3v) is 4.31. The molecule has 0 aliphatic heterocycles. The van der Waals surface area contributed by atoms with Gasteiger partial charge < -0.3 is 15.8 Å². The van der Waals surface area contributed by atoms with Gasteiger partial charge in [-0.05, 0) is 37.1 Å². The molecular formula is C21H22N6O. The van der Waals surface area contributed by atoms with Crippen LogP contribution < -0.4 is 15.8 Å². The van der Waals surface area contributed by atoms with Crippen LogP contribution in [-0.2, 0) is 6.42 Å². The Hall–Kier alpha value is -3.45. The summed E-state index contributed by atoms with van der Waals surface area (Å²) in [5.74, 6) is 1.80. The second kappa shape index (κ2) is 8.06. The number of benzene rings is 2. The van der Waals surface area contributed by atoms with E-state index in [4.69, 9.17) is 10.5 Å². The van der Waals surface area contributed by atoms with Crippen molar-refractivity contribution in [2.24, 2.45) is 5.73 Å². The van der Waals surface area contributed by atoms with E-state index >= 15 is 0 Å². The summed E-state index contributed by atoms with van der Waals surface area (Å²) in [7, 11) is 0. The van der Waals surface area contributed by atoms with Gasteiger partial charge in [0.2, 0.25) is 5.88 Å². The van der Waals surface area contributed by atoms with Crippen molar-refractivity contribution in [3.63, 3.8) is 0 Å². The SMILES string of the molecule is Cc1nc(Nc2ccc3[nH]ncc3c2)cc(OC[C@@H](N)Cc2ccccc2)n1. The minimum Gasteiger partial charge on any atom is -0.476 e. The van der Waals surface area contributed by atoms with E-state index in [9.17, 15) is 0 Å². The average molecular weight is 374 g/mol. The standard InChI is InChI=1S/C21H22N6O/c1-14-24-20(26-18-7-8-19-16(10-18)12-23-27-19)11-21(25-14)28-13-17(22)9-15-5-3-2-4-6-15/h2-8,10-12,17H,9,13,22H2,1H3,(H,23,27)(H,24,25,26)/t17-/m0/s1. The Balaban J connectivity index is 1.41. The summed E-state index contributed by atoms with van der Waals surface area (Å²) in [5.41, 5.74) is 9.29. The highest BCUT2D eigenvalue weighted by molar-refractivity contribution is 5.82. The molecule has 7 nitrogen and oxygen atoms in total. The van der Waals surface area contributed by atoms with Gasteiger partial charge in [-0.2, -0.15) is 10.1 Å². The number of nitrogens with one attached hydrogen (secondary N) is 2. The van der Waals surface area contributed by atoms with Gasteiger partial charge in [0.05, 0.1) is 11.7 Å². The predicted octanol–water partition coefficient (Wildman–Crippen LogP) is 3.35. The lowest BCUT2D eigenvalue weighted by Crippen LogP contribution is -2.30. The number of hydrogen-bond acceptors (Lipinski definition) is 6. The molecule has 0 bridgehead atoms. The quantitative estimate of drug-likeness (QED) is 0.458. The molecule has 0 aliphatic carbocycles. The van der Waals surface area contributed by atoms with E-state index in [-0.39, 0.29) is 6.04 Å². The largest absolute Gasteiger partial charge is 0.476 e. The van der Waals surface area contributed by atoms with Gasteiger partial charge in [0.25, 0.3) is 0 Å². The molecule has 0 amide bonds. The third kappa shape index (κ3) is 4.44. The van der Waals surface area contributed by atoms with Crippen LogP contribution in [0.25, 0.3) is 10.9 Å². The molecule has 0 fully saturated rings. The van der Waals surface area contributed by atoms with Gasteiger partial charge in [-0.3, -0.25) is 5.10 Å². The van der Waals surface area contributed by atoms with Gasteiger partial charge in [-0.1, -0.05) is 30.3 Å². The van der Waals surface area contributed by atoms with Gasteiger partial charge in [0, 0.05) is 23.2 Å². The molecule has 4 N–H and O–H groups in total. The summed E-state index contributed by atoms with van der Waals surface area (Å²) in [6.45, 7) is 2.22. The summed E-state index contributed by atoms with van der Waals surface area (Å²) in [6.07, 6.45) is 2.54. The van der Waals surface area contributed by atoms with E-state index in [0.717, 1.165) is 23.0 Å². The molecule has 7 heteroatoms. The molecule has 4 aromatic rings. The highest BCUT2D eigenvalue weighted by Crippen LogP contribution is 2.22. The first-order valence-corrected chi connectivity index (χ1v) is 9.14. The second-order valence-corrected chi connectivity index (χ2v) is 6.70. The van der Waals surface area contributed by atoms with Gasteiger partial charge >= 0.3 is 0 Å². The van der Waals surface area contributed by atoms with E-state index in [2.05, 4.69) is 37.6 Å². The van der Waals surface area contributed by atoms with Crippen molar-refractivity contribution in [1.29, 1.82) is 0 Å². The number of aromatic amines is 1. The van der Waals surface area contributed by atoms with E-state index in [0.29, 0.717) is 24.1 Å². The maximum Gasteiger partial charge on any atom is 0.218 e. The molecule has 0 saturated carbocycles. The van der Waals surface area contributed by atoms with Crippen molar-refractivity contribution >= 4 is 22.4 Å². The van der Waals surface area contributed by atoms with E-state index in [1.165, 1.54) is 5.56 Å². The van der Waals surface area contributed by atoms with E-state index < -0.39 is 0 Å².